The lowest BCUT2D eigenvalue weighted by molar-refractivity contribution is 0.102. The monoisotopic (exact) mass is 334 g/mol. The fraction of sp³-hybridized carbons (Fsp3) is 0.118. The zero-order valence-corrected chi connectivity index (χ0v) is 13.4. The molecule has 25 heavy (non-hydrogen) atoms. The highest BCUT2D eigenvalue weighted by Crippen LogP contribution is 2.24. The van der Waals surface area contributed by atoms with Crippen molar-refractivity contribution in [2.45, 2.75) is 13.5 Å². The molecule has 0 atom stereocenters. The van der Waals surface area contributed by atoms with Crippen LogP contribution in [0.3, 0.4) is 0 Å². The summed E-state index contributed by atoms with van der Waals surface area (Å²) in [6, 6.07) is 8.69. The molecule has 0 saturated carbocycles. The molecule has 8 nitrogen and oxygen atoms in total. The molecule has 0 radical (unpaired) electrons. The maximum absolute atomic E-state index is 12.3. The Hall–Kier alpha value is -3.55. The molecule has 1 amide bonds. The Morgan fingerprint density at radius 2 is 2.16 bits per heavy atom. The molecule has 4 rings (SSSR count). The predicted octanol–water partition coefficient (Wildman–Crippen LogP) is 2.75. The first-order valence-electron chi connectivity index (χ1n) is 7.76. The van der Waals surface area contributed by atoms with Gasteiger partial charge in [-0.15, -0.1) is 0 Å². The normalized spacial score (nSPS) is 10.9. The van der Waals surface area contributed by atoms with Gasteiger partial charge in [-0.25, -0.2) is 9.97 Å². The smallest absolute Gasteiger partial charge is 0.277 e. The third kappa shape index (κ3) is 2.97. The van der Waals surface area contributed by atoms with Crippen molar-refractivity contribution in [2.75, 3.05) is 5.32 Å². The van der Waals surface area contributed by atoms with E-state index >= 15 is 0 Å². The molecule has 0 spiro atoms. The fourth-order valence-electron chi connectivity index (χ4n) is 2.36. The number of nitrogens with one attached hydrogen (secondary N) is 1. The molecule has 0 saturated heterocycles. The Labute approximate surface area is 142 Å². The maximum atomic E-state index is 12.3. The third-order valence-corrected chi connectivity index (χ3v) is 3.61. The summed E-state index contributed by atoms with van der Waals surface area (Å²) >= 11 is 0. The summed E-state index contributed by atoms with van der Waals surface area (Å²) in [6.45, 7) is 2.65. The summed E-state index contributed by atoms with van der Waals surface area (Å²) in [4.78, 5) is 24.9. The number of pyridine rings is 2. The minimum atomic E-state index is -0.323. The van der Waals surface area contributed by atoms with E-state index in [4.69, 9.17) is 4.42 Å². The van der Waals surface area contributed by atoms with Crippen LogP contribution in [0.2, 0.25) is 0 Å². The first-order chi connectivity index (χ1) is 12.2. The number of anilines is 1. The van der Waals surface area contributed by atoms with Crippen molar-refractivity contribution in [3.63, 3.8) is 0 Å². The fourth-order valence-corrected chi connectivity index (χ4v) is 2.36. The van der Waals surface area contributed by atoms with Gasteiger partial charge < -0.3 is 9.73 Å². The number of rotatable bonds is 4. The number of carbonyl (C=O) groups is 1. The van der Waals surface area contributed by atoms with Crippen molar-refractivity contribution in [3.05, 3.63) is 54.6 Å². The highest BCUT2D eigenvalue weighted by molar-refractivity contribution is 6.02. The molecular formula is C17H14N6O2. The maximum Gasteiger partial charge on any atom is 0.277 e. The van der Waals surface area contributed by atoms with Gasteiger partial charge in [0.25, 0.3) is 5.91 Å². The van der Waals surface area contributed by atoms with Crippen LogP contribution < -0.4 is 5.32 Å². The van der Waals surface area contributed by atoms with Gasteiger partial charge in [0.15, 0.2) is 16.9 Å². The summed E-state index contributed by atoms with van der Waals surface area (Å²) in [5.74, 6) is 0.488. The van der Waals surface area contributed by atoms with Crippen LogP contribution in [-0.4, -0.2) is 30.6 Å². The second-order valence-electron chi connectivity index (χ2n) is 5.28. The lowest BCUT2D eigenvalue weighted by atomic mass is 10.2. The molecule has 0 fully saturated rings. The van der Waals surface area contributed by atoms with E-state index in [2.05, 4.69) is 25.4 Å². The number of amides is 1. The summed E-state index contributed by atoms with van der Waals surface area (Å²) in [5, 5.41) is 6.90. The second kappa shape index (κ2) is 6.16. The van der Waals surface area contributed by atoms with E-state index < -0.39 is 0 Å². The summed E-state index contributed by atoms with van der Waals surface area (Å²) in [7, 11) is 0. The Kier molecular flexibility index (Phi) is 3.70. The van der Waals surface area contributed by atoms with Gasteiger partial charge in [-0.05, 0) is 37.3 Å². The molecule has 4 heterocycles. The van der Waals surface area contributed by atoms with Crippen molar-refractivity contribution in [2.24, 2.45) is 0 Å². The molecule has 0 bridgehead atoms. The summed E-state index contributed by atoms with van der Waals surface area (Å²) in [5.41, 5.74) is 2.16. The van der Waals surface area contributed by atoms with Gasteiger partial charge in [-0.2, -0.15) is 10.1 Å². The molecule has 1 N–H and O–H groups in total. The number of aryl methyl sites for hydroxylation is 1. The third-order valence-electron chi connectivity index (χ3n) is 3.61. The number of fused-ring (bicyclic) bond motifs is 1. The molecule has 4 aromatic rings. The van der Waals surface area contributed by atoms with Crippen LogP contribution in [0.5, 0.6) is 0 Å². The van der Waals surface area contributed by atoms with Crippen LogP contribution in [0, 0.1) is 0 Å². The molecule has 4 aromatic heterocycles. The van der Waals surface area contributed by atoms with Crippen molar-refractivity contribution in [1.29, 1.82) is 0 Å². The number of hydrogen-bond acceptors (Lipinski definition) is 6. The van der Waals surface area contributed by atoms with Gasteiger partial charge in [0, 0.05) is 30.7 Å². The molecule has 124 valence electrons. The largest absolute Gasteiger partial charge is 0.434 e. The summed E-state index contributed by atoms with van der Waals surface area (Å²) in [6.07, 6.45) is 4.99. The highest BCUT2D eigenvalue weighted by Gasteiger charge is 2.13. The van der Waals surface area contributed by atoms with Gasteiger partial charge >= 0.3 is 0 Å². The zero-order valence-electron chi connectivity index (χ0n) is 13.4. The van der Waals surface area contributed by atoms with E-state index in [0.29, 0.717) is 40.7 Å². The van der Waals surface area contributed by atoms with Crippen molar-refractivity contribution >= 4 is 23.0 Å². The van der Waals surface area contributed by atoms with Crippen molar-refractivity contribution in [1.82, 2.24) is 24.7 Å². The van der Waals surface area contributed by atoms with Crippen LogP contribution in [0.1, 0.15) is 17.4 Å². The van der Waals surface area contributed by atoms with Gasteiger partial charge in [-0.3, -0.25) is 9.48 Å². The van der Waals surface area contributed by atoms with Crippen LogP contribution in [0.25, 0.3) is 22.7 Å². The standard InChI is InChI=1S/C17H14N6O2/c1-2-23-9-6-12(22-23)16(24)20-14-10-11(5-8-18-14)17-21-15-13(25-17)4-3-7-19-15/h3-10H,2H2,1H3,(H,18,20,24). The van der Waals surface area contributed by atoms with E-state index in [1.165, 1.54) is 0 Å². The minimum Gasteiger partial charge on any atom is -0.434 e. The van der Waals surface area contributed by atoms with E-state index in [9.17, 15) is 4.79 Å². The highest BCUT2D eigenvalue weighted by atomic mass is 16.3. The minimum absolute atomic E-state index is 0.323. The Morgan fingerprint density at radius 1 is 1.24 bits per heavy atom. The predicted molar refractivity (Wildman–Crippen MR) is 90.9 cm³/mol. The average Bonchev–Trinajstić information content (AvgIpc) is 3.28. The zero-order chi connectivity index (χ0) is 17.2. The molecule has 8 heteroatoms. The van der Waals surface area contributed by atoms with Gasteiger partial charge in [0.1, 0.15) is 5.82 Å². The number of carbonyl (C=O) groups excluding carboxylic acids is 1. The Morgan fingerprint density at radius 3 is 2.96 bits per heavy atom. The molecule has 0 aliphatic heterocycles. The first-order valence-corrected chi connectivity index (χ1v) is 7.76. The van der Waals surface area contributed by atoms with E-state index in [0.717, 1.165) is 0 Å². The Bertz CT molecular complexity index is 1020. The lowest BCUT2D eigenvalue weighted by Gasteiger charge is -2.03. The number of nitrogens with zero attached hydrogens (tertiary/aromatic N) is 5. The van der Waals surface area contributed by atoms with Crippen LogP contribution in [0.15, 0.2) is 53.3 Å². The van der Waals surface area contributed by atoms with Crippen LogP contribution in [0.4, 0.5) is 5.82 Å². The van der Waals surface area contributed by atoms with E-state index in [1.54, 1.807) is 53.6 Å². The van der Waals surface area contributed by atoms with Crippen molar-refractivity contribution in [3.8, 4) is 11.5 Å². The lowest BCUT2D eigenvalue weighted by Crippen LogP contribution is -2.14. The van der Waals surface area contributed by atoms with E-state index in [1.807, 2.05) is 6.92 Å². The number of aromatic nitrogens is 5. The molecule has 0 aliphatic carbocycles. The number of hydrogen-bond donors (Lipinski definition) is 1. The molecule has 0 aromatic carbocycles. The first kappa shape index (κ1) is 15.0. The molecular weight excluding hydrogens is 320 g/mol. The second-order valence-corrected chi connectivity index (χ2v) is 5.28. The Balaban J connectivity index is 1.59. The topological polar surface area (TPSA) is 98.7 Å². The van der Waals surface area contributed by atoms with Gasteiger partial charge in [0.2, 0.25) is 5.89 Å². The van der Waals surface area contributed by atoms with Gasteiger partial charge in [0.05, 0.1) is 0 Å². The summed E-state index contributed by atoms with van der Waals surface area (Å²) < 4.78 is 7.37. The van der Waals surface area contributed by atoms with Gasteiger partial charge in [-0.1, -0.05) is 0 Å². The van der Waals surface area contributed by atoms with Crippen molar-refractivity contribution < 1.29 is 9.21 Å². The average molecular weight is 334 g/mol. The molecule has 0 aliphatic rings. The molecule has 0 unspecified atom stereocenters. The van der Waals surface area contributed by atoms with Crippen LogP contribution in [-0.2, 0) is 6.54 Å². The quantitative estimate of drug-likeness (QED) is 0.616. The van der Waals surface area contributed by atoms with E-state index in [-0.39, 0.29) is 5.91 Å². The number of oxazole rings is 1. The SMILES string of the molecule is CCn1ccc(C(=O)Nc2cc(-c3nc4ncccc4o3)ccn2)n1. The van der Waals surface area contributed by atoms with Crippen LogP contribution >= 0.6 is 0 Å².